The molecule has 1 saturated carbocycles. The Morgan fingerprint density at radius 2 is 2.13 bits per heavy atom. The van der Waals surface area contributed by atoms with Gasteiger partial charge in [-0.3, -0.25) is 4.79 Å². The van der Waals surface area contributed by atoms with Crippen molar-refractivity contribution in [3.8, 4) is 0 Å². The molecule has 1 aromatic heterocycles. The third kappa shape index (κ3) is 2.44. The second-order valence-electron chi connectivity index (χ2n) is 6.82. The van der Waals surface area contributed by atoms with Gasteiger partial charge in [0.2, 0.25) is 5.91 Å². The van der Waals surface area contributed by atoms with Crippen LogP contribution in [0.15, 0.2) is 36.9 Å². The van der Waals surface area contributed by atoms with Crippen LogP contribution in [0.4, 0.5) is 0 Å². The fraction of sp³-hybridized carbons (Fsp3) is 0.500. The summed E-state index contributed by atoms with van der Waals surface area (Å²) < 4.78 is 1.90. The highest BCUT2D eigenvalue weighted by molar-refractivity contribution is 5.91. The fourth-order valence-corrected chi connectivity index (χ4v) is 3.90. The number of amides is 1. The second-order valence-corrected chi connectivity index (χ2v) is 6.82. The molecule has 1 aromatic carbocycles. The van der Waals surface area contributed by atoms with Crippen LogP contribution in [0.1, 0.15) is 42.9 Å². The van der Waals surface area contributed by atoms with Crippen molar-refractivity contribution in [2.24, 2.45) is 0 Å². The van der Waals surface area contributed by atoms with Crippen molar-refractivity contribution in [3.63, 3.8) is 0 Å². The van der Waals surface area contributed by atoms with Gasteiger partial charge in [-0.25, -0.2) is 9.67 Å². The van der Waals surface area contributed by atoms with Gasteiger partial charge in [-0.2, -0.15) is 5.10 Å². The third-order valence-corrected chi connectivity index (χ3v) is 5.31. The van der Waals surface area contributed by atoms with E-state index >= 15 is 0 Å². The minimum Gasteiger partial charge on any atom is -0.340 e. The Bertz CT molecular complexity index is 706. The standard InChI is InChI=1S/C18H22N4O/c1-14-5-2-3-7-16(14)18(8-9-18)17(23)21-10-4-6-15(11-21)22-13-19-12-20-22/h2-3,5,7,12-13,15H,4,6,8-11H2,1H3/t15-/m0/s1. The third-order valence-electron chi connectivity index (χ3n) is 5.31. The van der Waals surface area contributed by atoms with Crippen molar-refractivity contribution < 1.29 is 4.79 Å². The van der Waals surface area contributed by atoms with E-state index in [4.69, 9.17) is 0 Å². The predicted molar refractivity (Wildman–Crippen MR) is 87.0 cm³/mol. The Kier molecular flexibility index (Phi) is 3.43. The number of nitrogens with zero attached hydrogens (tertiary/aromatic N) is 4. The highest BCUT2D eigenvalue weighted by Crippen LogP contribution is 2.51. The normalized spacial score (nSPS) is 22.8. The highest BCUT2D eigenvalue weighted by Gasteiger charge is 2.53. The van der Waals surface area contributed by atoms with E-state index in [1.54, 1.807) is 12.7 Å². The van der Waals surface area contributed by atoms with E-state index < -0.39 is 0 Å². The first-order valence-electron chi connectivity index (χ1n) is 8.40. The number of aromatic nitrogens is 3. The number of likely N-dealkylation sites (tertiary alicyclic amines) is 1. The quantitative estimate of drug-likeness (QED) is 0.875. The lowest BCUT2D eigenvalue weighted by atomic mass is 9.89. The number of carbonyl (C=O) groups is 1. The molecule has 2 heterocycles. The van der Waals surface area contributed by atoms with Crippen molar-refractivity contribution >= 4 is 5.91 Å². The molecule has 2 fully saturated rings. The van der Waals surface area contributed by atoms with Crippen LogP contribution in [0.2, 0.25) is 0 Å². The molecule has 1 aliphatic carbocycles. The zero-order valence-electron chi connectivity index (χ0n) is 13.5. The van der Waals surface area contributed by atoms with Crippen LogP contribution in [0, 0.1) is 6.92 Å². The lowest BCUT2D eigenvalue weighted by Gasteiger charge is -2.35. The summed E-state index contributed by atoms with van der Waals surface area (Å²) in [5, 5.41) is 4.25. The molecular weight excluding hydrogens is 288 g/mol. The van der Waals surface area contributed by atoms with Gasteiger partial charge < -0.3 is 4.90 Å². The molecule has 1 aliphatic heterocycles. The van der Waals surface area contributed by atoms with Gasteiger partial charge in [0, 0.05) is 13.1 Å². The van der Waals surface area contributed by atoms with Gasteiger partial charge in [0.1, 0.15) is 12.7 Å². The summed E-state index contributed by atoms with van der Waals surface area (Å²) >= 11 is 0. The Morgan fingerprint density at radius 3 is 2.83 bits per heavy atom. The first-order chi connectivity index (χ1) is 11.2. The van der Waals surface area contributed by atoms with Crippen molar-refractivity contribution in [2.45, 2.75) is 44.1 Å². The van der Waals surface area contributed by atoms with Gasteiger partial charge >= 0.3 is 0 Å². The molecule has 0 radical (unpaired) electrons. The van der Waals surface area contributed by atoms with E-state index in [1.807, 2.05) is 16.8 Å². The molecule has 0 spiro atoms. The molecule has 120 valence electrons. The monoisotopic (exact) mass is 310 g/mol. The minimum absolute atomic E-state index is 0.253. The first-order valence-corrected chi connectivity index (χ1v) is 8.40. The fourth-order valence-electron chi connectivity index (χ4n) is 3.90. The molecular formula is C18H22N4O. The topological polar surface area (TPSA) is 51.0 Å². The number of hydrogen-bond acceptors (Lipinski definition) is 3. The van der Waals surface area contributed by atoms with Crippen molar-refractivity contribution in [2.75, 3.05) is 13.1 Å². The number of hydrogen-bond donors (Lipinski definition) is 0. The molecule has 1 saturated heterocycles. The molecule has 5 nitrogen and oxygen atoms in total. The van der Waals surface area contributed by atoms with Crippen LogP contribution >= 0.6 is 0 Å². The summed E-state index contributed by atoms with van der Waals surface area (Å²) in [6, 6.07) is 8.57. The lowest BCUT2D eigenvalue weighted by Crippen LogP contribution is -2.45. The van der Waals surface area contributed by atoms with Crippen LogP contribution in [-0.2, 0) is 10.2 Å². The SMILES string of the molecule is Cc1ccccc1C1(C(=O)N2CCC[C@H](n3cncn3)C2)CC1. The van der Waals surface area contributed by atoms with Crippen LogP contribution < -0.4 is 0 Å². The molecule has 0 N–H and O–H groups in total. The van der Waals surface area contributed by atoms with Gasteiger partial charge in [0.05, 0.1) is 11.5 Å². The van der Waals surface area contributed by atoms with Crippen molar-refractivity contribution in [3.05, 3.63) is 48.0 Å². The van der Waals surface area contributed by atoms with E-state index in [-0.39, 0.29) is 11.5 Å². The number of piperidine rings is 1. The average molecular weight is 310 g/mol. The summed E-state index contributed by atoms with van der Waals surface area (Å²) in [7, 11) is 0. The molecule has 4 rings (SSSR count). The van der Waals surface area contributed by atoms with Gasteiger partial charge in [0.25, 0.3) is 0 Å². The number of rotatable bonds is 3. The van der Waals surface area contributed by atoms with Gasteiger partial charge in [-0.05, 0) is 43.7 Å². The lowest BCUT2D eigenvalue weighted by molar-refractivity contribution is -0.135. The Morgan fingerprint density at radius 1 is 1.30 bits per heavy atom. The Labute approximate surface area is 136 Å². The largest absolute Gasteiger partial charge is 0.340 e. The molecule has 2 aromatic rings. The van der Waals surface area contributed by atoms with Gasteiger partial charge in [0.15, 0.2) is 0 Å². The summed E-state index contributed by atoms with van der Waals surface area (Å²) in [6.07, 6.45) is 7.36. The van der Waals surface area contributed by atoms with Crippen LogP contribution in [0.5, 0.6) is 0 Å². The predicted octanol–water partition coefficient (Wildman–Crippen LogP) is 2.48. The van der Waals surface area contributed by atoms with Gasteiger partial charge in [-0.1, -0.05) is 24.3 Å². The summed E-state index contributed by atoms with van der Waals surface area (Å²) in [5.41, 5.74) is 2.17. The molecule has 0 bridgehead atoms. The summed E-state index contributed by atoms with van der Waals surface area (Å²) in [4.78, 5) is 19.3. The number of benzene rings is 1. The molecule has 1 atom stereocenters. The molecule has 5 heteroatoms. The van der Waals surface area contributed by atoms with E-state index in [1.165, 1.54) is 11.1 Å². The highest BCUT2D eigenvalue weighted by atomic mass is 16.2. The summed E-state index contributed by atoms with van der Waals surface area (Å²) in [5.74, 6) is 0.302. The van der Waals surface area contributed by atoms with E-state index in [0.29, 0.717) is 5.91 Å². The molecule has 2 aliphatic rings. The van der Waals surface area contributed by atoms with E-state index in [2.05, 4.69) is 34.0 Å². The minimum atomic E-state index is -0.268. The van der Waals surface area contributed by atoms with E-state index in [0.717, 1.165) is 38.8 Å². The maximum Gasteiger partial charge on any atom is 0.233 e. The average Bonchev–Trinajstić information content (AvgIpc) is 3.20. The number of aryl methyl sites for hydroxylation is 1. The molecule has 0 unspecified atom stereocenters. The second kappa shape index (κ2) is 5.48. The molecule has 1 amide bonds. The van der Waals surface area contributed by atoms with E-state index in [9.17, 15) is 4.79 Å². The zero-order valence-corrected chi connectivity index (χ0v) is 13.5. The summed E-state index contributed by atoms with van der Waals surface area (Å²) in [6.45, 7) is 3.71. The van der Waals surface area contributed by atoms with Crippen LogP contribution in [-0.4, -0.2) is 38.7 Å². The van der Waals surface area contributed by atoms with Crippen molar-refractivity contribution in [1.29, 1.82) is 0 Å². The zero-order chi connectivity index (χ0) is 15.9. The van der Waals surface area contributed by atoms with Gasteiger partial charge in [-0.15, -0.1) is 0 Å². The number of carbonyl (C=O) groups excluding carboxylic acids is 1. The van der Waals surface area contributed by atoms with Crippen molar-refractivity contribution in [1.82, 2.24) is 19.7 Å². The maximum atomic E-state index is 13.2. The Balaban J connectivity index is 1.56. The first kappa shape index (κ1) is 14.4. The van der Waals surface area contributed by atoms with Crippen LogP contribution in [0.3, 0.4) is 0 Å². The smallest absolute Gasteiger partial charge is 0.233 e. The maximum absolute atomic E-state index is 13.2. The Hall–Kier alpha value is -2.17. The van der Waals surface area contributed by atoms with Crippen LogP contribution in [0.25, 0.3) is 0 Å². The molecule has 23 heavy (non-hydrogen) atoms.